The highest BCUT2D eigenvalue weighted by Crippen LogP contribution is 2.12. The second-order valence-electron chi connectivity index (χ2n) is 3.11. The number of hydrogen-bond acceptors (Lipinski definition) is 3. The van der Waals surface area contributed by atoms with Gasteiger partial charge in [-0.2, -0.15) is 0 Å². The largest absolute Gasteiger partial charge is 0.465 e. The van der Waals surface area contributed by atoms with Crippen LogP contribution in [0.5, 0.6) is 0 Å². The highest BCUT2D eigenvalue weighted by atomic mass is 16.4. The Bertz CT molecular complexity index is 426. The van der Waals surface area contributed by atoms with Gasteiger partial charge in [0.05, 0.1) is 24.1 Å². The Morgan fingerprint density at radius 2 is 2.43 bits per heavy atom. The van der Waals surface area contributed by atoms with E-state index in [9.17, 15) is 9.59 Å². The van der Waals surface area contributed by atoms with Crippen LogP contribution >= 0.6 is 0 Å². The van der Waals surface area contributed by atoms with Gasteiger partial charge in [-0.3, -0.25) is 4.79 Å². The summed E-state index contributed by atoms with van der Waals surface area (Å²) in [6.45, 7) is 0.534. The summed E-state index contributed by atoms with van der Waals surface area (Å²) in [4.78, 5) is 29.6. The van der Waals surface area contributed by atoms with E-state index < -0.39 is 6.09 Å². The number of rotatable bonds is 0. The summed E-state index contributed by atoms with van der Waals surface area (Å²) in [7, 11) is 0. The van der Waals surface area contributed by atoms with E-state index in [0.717, 1.165) is 0 Å². The molecule has 1 aliphatic rings. The monoisotopic (exact) mass is 195 g/mol. The predicted octanol–water partition coefficient (Wildman–Crippen LogP) is -0.194. The van der Waals surface area contributed by atoms with Crippen LogP contribution in [-0.2, 0) is 13.0 Å². The molecule has 2 N–H and O–H groups in total. The summed E-state index contributed by atoms with van der Waals surface area (Å²) in [6, 6.07) is 0. The third-order valence-corrected chi connectivity index (χ3v) is 2.28. The van der Waals surface area contributed by atoms with Crippen LogP contribution in [0.3, 0.4) is 0 Å². The smallest absolute Gasteiger partial charge is 0.407 e. The first kappa shape index (κ1) is 8.74. The van der Waals surface area contributed by atoms with Crippen molar-refractivity contribution in [3.05, 3.63) is 27.9 Å². The lowest BCUT2D eigenvalue weighted by molar-refractivity contribution is 0.139. The van der Waals surface area contributed by atoms with Gasteiger partial charge in [0.25, 0.3) is 5.56 Å². The van der Waals surface area contributed by atoms with Gasteiger partial charge in [0.15, 0.2) is 0 Å². The number of nitrogens with one attached hydrogen (secondary N) is 1. The van der Waals surface area contributed by atoms with Crippen molar-refractivity contribution in [2.45, 2.75) is 13.0 Å². The number of carboxylic acid groups (broad SMARTS) is 1. The maximum absolute atomic E-state index is 11.3. The molecule has 0 atom stereocenters. The molecule has 6 nitrogen and oxygen atoms in total. The molecule has 0 aromatic carbocycles. The van der Waals surface area contributed by atoms with Crippen molar-refractivity contribution < 1.29 is 9.90 Å². The van der Waals surface area contributed by atoms with Gasteiger partial charge in [-0.25, -0.2) is 9.78 Å². The van der Waals surface area contributed by atoms with E-state index in [4.69, 9.17) is 5.11 Å². The standard InChI is InChI=1S/C8H9N3O3/c12-7-5-3-11(8(13)14)2-1-6(5)9-4-10-7/h4H,1-3H2,(H,13,14)(H,9,10,12). The number of nitrogens with zero attached hydrogens (tertiary/aromatic N) is 2. The van der Waals surface area contributed by atoms with Crippen molar-refractivity contribution >= 4 is 6.09 Å². The Hall–Kier alpha value is -1.85. The van der Waals surface area contributed by atoms with Crippen molar-refractivity contribution in [3.8, 4) is 0 Å². The molecule has 2 rings (SSSR count). The minimum atomic E-state index is -1.00. The predicted molar refractivity (Wildman–Crippen MR) is 47.0 cm³/mol. The number of fused-ring (bicyclic) bond motifs is 1. The molecule has 0 spiro atoms. The molecule has 2 heterocycles. The molecule has 0 saturated carbocycles. The van der Waals surface area contributed by atoms with Gasteiger partial charge in [-0.15, -0.1) is 0 Å². The van der Waals surface area contributed by atoms with Crippen LogP contribution in [0, 0.1) is 0 Å². The lowest BCUT2D eigenvalue weighted by Gasteiger charge is -2.24. The summed E-state index contributed by atoms with van der Waals surface area (Å²) < 4.78 is 0. The molecule has 0 saturated heterocycles. The molecule has 1 amide bonds. The number of hydrogen-bond donors (Lipinski definition) is 2. The Kier molecular flexibility index (Phi) is 1.95. The minimum Gasteiger partial charge on any atom is -0.465 e. The average Bonchev–Trinajstić information content (AvgIpc) is 2.18. The van der Waals surface area contributed by atoms with Gasteiger partial charge in [-0.1, -0.05) is 0 Å². The SMILES string of the molecule is O=C(O)N1CCc2nc[nH]c(=O)c2C1. The number of carbonyl (C=O) groups is 1. The molecule has 0 aliphatic carbocycles. The van der Waals surface area contributed by atoms with Crippen molar-refractivity contribution in [1.29, 1.82) is 0 Å². The van der Waals surface area contributed by atoms with Gasteiger partial charge in [0.2, 0.25) is 0 Å². The average molecular weight is 195 g/mol. The minimum absolute atomic E-state index is 0.133. The van der Waals surface area contributed by atoms with Crippen LogP contribution in [0.1, 0.15) is 11.3 Å². The molecule has 1 aromatic rings. The second-order valence-corrected chi connectivity index (χ2v) is 3.11. The fourth-order valence-electron chi connectivity index (χ4n) is 1.52. The topological polar surface area (TPSA) is 86.3 Å². The first-order valence-corrected chi connectivity index (χ1v) is 4.22. The van der Waals surface area contributed by atoms with Crippen LogP contribution < -0.4 is 5.56 Å². The first-order valence-electron chi connectivity index (χ1n) is 4.22. The van der Waals surface area contributed by atoms with Crippen LogP contribution in [-0.4, -0.2) is 32.6 Å². The molecule has 0 bridgehead atoms. The maximum Gasteiger partial charge on any atom is 0.407 e. The van der Waals surface area contributed by atoms with E-state index >= 15 is 0 Å². The van der Waals surface area contributed by atoms with E-state index in [1.807, 2.05) is 0 Å². The highest BCUT2D eigenvalue weighted by Gasteiger charge is 2.22. The van der Waals surface area contributed by atoms with E-state index in [1.54, 1.807) is 0 Å². The molecule has 0 fully saturated rings. The number of aromatic nitrogens is 2. The number of aromatic amines is 1. The summed E-state index contributed by atoms with van der Waals surface area (Å²) in [6.07, 6.45) is 0.849. The lowest BCUT2D eigenvalue weighted by Crippen LogP contribution is -2.38. The van der Waals surface area contributed by atoms with Crippen LogP contribution in [0.25, 0.3) is 0 Å². The molecule has 1 aromatic heterocycles. The summed E-state index contributed by atoms with van der Waals surface area (Å²) in [5.41, 5.74) is 0.911. The van der Waals surface area contributed by atoms with Gasteiger partial charge < -0.3 is 15.0 Å². The summed E-state index contributed by atoms with van der Waals surface area (Å²) >= 11 is 0. The summed E-state index contributed by atoms with van der Waals surface area (Å²) in [5.74, 6) is 0. The highest BCUT2D eigenvalue weighted by molar-refractivity contribution is 5.65. The zero-order valence-corrected chi connectivity index (χ0v) is 7.36. The van der Waals surface area contributed by atoms with Crippen molar-refractivity contribution in [2.75, 3.05) is 6.54 Å². The Labute approximate surface area is 79.2 Å². The van der Waals surface area contributed by atoms with E-state index in [-0.39, 0.29) is 12.1 Å². The molecule has 0 unspecified atom stereocenters. The lowest BCUT2D eigenvalue weighted by atomic mass is 10.1. The Morgan fingerprint density at radius 3 is 3.14 bits per heavy atom. The van der Waals surface area contributed by atoms with Crippen LogP contribution in [0.15, 0.2) is 11.1 Å². The fourth-order valence-corrected chi connectivity index (χ4v) is 1.52. The van der Waals surface area contributed by atoms with Crippen molar-refractivity contribution in [1.82, 2.24) is 14.9 Å². The molecule has 74 valence electrons. The third-order valence-electron chi connectivity index (χ3n) is 2.28. The Balaban J connectivity index is 2.38. The molecule has 14 heavy (non-hydrogen) atoms. The molecule has 6 heteroatoms. The second kappa shape index (κ2) is 3.13. The molecule has 1 aliphatic heterocycles. The zero-order valence-electron chi connectivity index (χ0n) is 7.36. The van der Waals surface area contributed by atoms with E-state index in [1.165, 1.54) is 11.2 Å². The van der Waals surface area contributed by atoms with Gasteiger partial charge >= 0.3 is 6.09 Å². The molecular weight excluding hydrogens is 186 g/mol. The third kappa shape index (κ3) is 1.34. The van der Waals surface area contributed by atoms with Crippen LogP contribution in [0.2, 0.25) is 0 Å². The van der Waals surface area contributed by atoms with Gasteiger partial charge in [0.1, 0.15) is 0 Å². The zero-order chi connectivity index (χ0) is 10.1. The van der Waals surface area contributed by atoms with Gasteiger partial charge in [-0.05, 0) is 0 Å². The first-order chi connectivity index (χ1) is 6.68. The van der Waals surface area contributed by atoms with Crippen LogP contribution in [0.4, 0.5) is 4.79 Å². The van der Waals surface area contributed by atoms with E-state index in [0.29, 0.717) is 24.2 Å². The number of amides is 1. The van der Waals surface area contributed by atoms with Crippen molar-refractivity contribution in [3.63, 3.8) is 0 Å². The Morgan fingerprint density at radius 1 is 1.64 bits per heavy atom. The molecular formula is C8H9N3O3. The molecule has 0 radical (unpaired) electrons. The van der Waals surface area contributed by atoms with Gasteiger partial charge in [0, 0.05) is 13.0 Å². The maximum atomic E-state index is 11.3. The normalized spacial score (nSPS) is 15.0. The number of H-pyrrole nitrogens is 1. The van der Waals surface area contributed by atoms with E-state index in [2.05, 4.69) is 9.97 Å². The fraction of sp³-hybridized carbons (Fsp3) is 0.375. The quantitative estimate of drug-likeness (QED) is 0.600. The summed E-state index contributed by atoms with van der Waals surface area (Å²) in [5, 5.41) is 8.75. The van der Waals surface area contributed by atoms with Crippen molar-refractivity contribution in [2.24, 2.45) is 0 Å².